The molecule has 0 radical (unpaired) electrons. The first-order chi connectivity index (χ1) is 7.95. The van der Waals surface area contributed by atoms with Gasteiger partial charge in [0.1, 0.15) is 4.88 Å². The molecule has 17 heavy (non-hydrogen) atoms. The van der Waals surface area contributed by atoms with Gasteiger partial charge in [0.25, 0.3) is 5.91 Å². The van der Waals surface area contributed by atoms with Crippen LogP contribution in [0.2, 0.25) is 0 Å². The van der Waals surface area contributed by atoms with E-state index in [0.717, 1.165) is 5.01 Å². The van der Waals surface area contributed by atoms with Gasteiger partial charge in [-0.1, -0.05) is 19.0 Å². The van der Waals surface area contributed by atoms with Crippen LogP contribution in [-0.4, -0.2) is 28.0 Å². The van der Waals surface area contributed by atoms with E-state index < -0.39 is 6.04 Å². The van der Waals surface area contributed by atoms with Gasteiger partial charge in [-0.05, 0) is 12.8 Å². The third-order valence-electron chi connectivity index (χ3n) is 2.23. The van der Waals surface area contributed by atoms with Crippen LogP contribution in [-0.2, 0) is 0 Å². The van der Waals surface area contributed by atoms with Crippen molar-refractivity contribution >= 4 is 23.1 Å². The second-order valence-electron chi connectivity index (χ2n) is 3.96. The minimum Gasteiger partial charge on any atom is -0.409 e. The molecule has 0 saturated heterocycles. The number of amides is 1. The van der Waals surface area contributed by atoms with Crippen LogP contribution in [0, 0.1) is 12.8 Å². The van der Waals surface area contributed by atoms with Gasteiger partial charge in [0.2, 0.25) is 0 Å². The fraction of sp³-hybridized carbons (Fsp3) is 0.500. The number of aromatic nitrogens is 1. The Morgan fingerprint density at radius 2 is 2.29 bits per heavy atom. The van der Waals surface area contributed by atoms with Gasteiger partial charge in [0, 0.05) is 0 Å². The highest BCUT2D eigenvalue weighted by Gasteiger charge is 2.22. The number of thiazole rings is 1. The Balaban J connectivity index is 2.78. The first-order valence-corrected chi connectivity index (χ1v) is 5.98. The Labute approximate surface area is 104 Å². The van der Waals surface area contributed by atoms with Crippen LogP contribution in [0.3, 0.4) is 0 Å². The molecule has 94 valence electrons. The van der Waals surface area contributed by atoms with E-state index in [1.165, 1.54) is 17.5 Å². The van der Waals surface area contributed by atoms with E-state index in [1.54, 1.807) is 0 Å². The van der Waals surface area contributed by atoms with Crippen molar-refractivity contribution in [1.82, 2.24) is 10.3 Å². The molecule has 0 aromatic carbocycles. The maximum Gasteiger partial charge on any atom is 0.263 e. The van der Waals surface area contributed by atoms with Crippen molar-refractivity contribution < 1.29 is 10.0 Å². The van der Waals surface area contributed by atoms with Crippen LogP contribution in [0.5, 0.6) is 0 Å². The average molecular weight is 256 g/mol. The van der Waals surface area contributed by atoms with Gasteiger partial charge in [-0.15, -0.1) is 11.3 Å². The topological polar surface area (TPSA) is 101 Å². The van der Waals surface area contributed by atoms with E-state index in [0.29, 0.717) is 4.88 Å². The maximum absolute atomic E-state index is 11.9. The van der Waals surface area contributed by atoms with Crippen LogP contribution in [0.25, 0.3) is 0 Å². The molecule has 0 spiro atoms. The zero-order valence-electron chi connectivity index (χ0n) is 9.97. The van der Waals surface area contributed by atoms with Crippen LogP contribution < -0.4 is 11.1 Å². The summed E-state index contributed by atoms with van der Waals surface area (Å²) in [6.07, 6.45) is 1.51. The lowest BCUT2D eigenvalue weighted by atomic mass is 10.0. The molecule has 1 rings (SSSR count). The minimum absolute atomic E-state index is 0.00501. The predicted molar refractivity (Wildman–Crippen MR) is 66.4 cm³/mol. The molecule has 0 fully saturated rings. The third kappa shape index (κ3) is 3.42. The van der Waals surface area contributed by atoms with Crippen molar-refractivity contribution in [1.29, 1.82) is 0 Å². The number of nitrogens with two attached hydrogens (primary N) is 1. The molecule has 0 aliphatic heterocycles. The lowest BCUT2D eigenvalue weighted by Crippen LogP contribution is -2.47. The molecule has 1 aromatic heterocycles. The third-order valence-corrected chi connectivity index (χ3v) is 3.14. The van der Waals surface area contributed by atoms with E-state index >= 15 is 0 Å². The number of amidine groups is 1. The molecular weight excluding hydrogens is 240 g/mol. The van der Waals surface area contributed by atoms with Crippen molar-refractivity contribution in [3.63, 3.8) is 0 Å². The normalized spacial score (nSPS) is 13.8. The first-order valence-electron chi connectivity index (χ1n) is 5.16. The summed E-state index contributed by atoms with van der Waals surface area (Å²) in [5.74, 6) is -0.237. The second-order valence-corrected chi connectivity index (χ2v) is 5.20. The van der Waals surface area contributed by atoms with Crippen LogP contribution in [0.1, 0.15) is 28.5 Å². The Bertz CT molecular complexity index is 428. The Morgan fingerprint density at radius 3 is 2.71 bits per heavy atom. The van der Waals surface area contributed by atoms with Crippen molar-refractivity contribution in [2.45, 2.75) is 26.8 Å². The number of carbonyl (C=O) groups excluding carboxylic acids is 1. The first kappa shape index (κ1) is 13.4. The van der Waals surface area contributed by atoms with Crippen LogP contribution in [0.4, 0.5) is 0 Å². The van der Waals surface area contributed by atoms with E-state index in [-0.39, 0.29) is 17.7 Å². The zero-order chi connectivity index (χ0) is 13.0. The lowest BCUT2D eigenvalue weighted by Gasteiger charge is -2.20. The van der Waals surface area contributed by atoms with E-state index in [9.17, 15) is 4.79 Å². The molecule has 7 heteroatoms. The summed E-state index contributed by atoms with van der Waals surface area (Å²) in [5.41, 5.74) is 5.52. The molecule has 1 amide bonds. The largest absolute Gasteiger partial charge is 0.409 e. The highest BCUT2D eigenvalue weighted by atomic mass is 32.1. The van der Waals surface area contributed by atoms with Crippen LogP contribution >= 0.6 is 11.3 Å². The molecule has 0 aliphatic rings. The quantitative estimate of drug-likeness (QED) is 0.323. The smallest absolute Gasteiger partial charge is 0.263 e. The van der Waals surface area contributed by atoms with Gasteiger partial charge in [-0.2, -0.15) is 0 Å². The van der Waals surface area contributed by atoms with Gasteiger partial charge >= 0.3 is 0 Å². The summed E-state index contributed by atoms with van der Waals surface area (Å²) in [6.45, 7) is 5.58. The summed E-state index contributed by atoms with van der Waals surface area (Å²) < 4.78 is 0. The number of nitrogens with one attached hydrogen (secondary N) is 1. The van der Waals surface area contributed by atoms with E-state index in [2.05, 4.69) is 15.5 Å². The number of rotatable bonds is 4. The number of nitrogens with zero attached hydrogens (tertiary/aromatic N) is 2. The van der Waals surface area contributed by atoms with Crippen molar-refractivity contribution in [3.8, 4) is 0 Å². The molecule has 1 heterocycles. The number of aryl methyl sites for hydroxylation is 1. The number of hydrogen-bond donors (Lipinski definition) is 3. The standard InChI is InChI=1S/C10H16N4O2S/c1-5(2)8(9(11)14-16)13-10(15)7-4-12-6(3)17-7/h4-5,8,16H,1-3H3,(H2,11,14)(H,13,15). The van der Waals surface area contributed by atoms with Crippen molar-refractivity contribution in [2.24, 2.45) is 16.8 Å². The Kier molecular flexibility index (Phi) is 4.45. The Morgan fingerprint density at radius 1 is 1.65 bits per heavy atom. The molecular formula is C10H16N4O2S. The van der Waals surface area contributed by atoms with Gasteiger partial charge in [0.15, 0.2) is 5.84 Å². The van der Waals surface area contributed by atoms with Crippen molar-refractivity contribution in [2.75, 3.05) is 0 Å². The highest BCUT2D eigenvalue weighted by Crippen LogP contribution is 2.12. The number of oxime groups is 1. The molecule has 0 saturated carbocycles. The predicted octanol–water partition coefficient (Wildman–Crippen LogP) is 0.952. The summed E-state index contributed by atoms with van der Waals surface area (Å²) >= 11 is 1.30. The fourth-order valence-corrected chi connectivity index (χ4v) is 2.00. The van der Waals surface area contributed by atoms with Gasteiger partial charge in [-0.3, -0.25) is 4.79 Å². The SMILES string of the molecule is Cc1ncc(C(=O)NC(C(N)=NO)C(C)C)s1. The molecule has 0 aliphatic carbocycles. The fourth-order valence-electron chi connectivity index (χ4n) is 1.32. The average Bonchev–Trinajstić information content (AvgIpc) is 2.71. The van der Waals surface area contributed by atoms with Gasteiger partial charge in [-0.25, -0.2) is 4.98 Å². The molecule has 6 nitrogen and oxygen atoms in total. The summed E-state index contributed by atoms with van der Waals surface area (Å²) in [7, 11) is 0. The second kappa shape index (κ2) is 5.62. The summed E-state index contributed by atoms with van der Waals surface area (Å²) in [6, 6.07) is -0.491. The Hall–Kier alpha value is -1.63. The summed E-state index contributed by atoms with van der Waals surface area (Å²) in [4.78, 5) is 16.4. The van der Waals surface area contributed by atoms with Crippen LogP contribution in [0.15, 0.2) is 11.4 Å². The molecule has 4 N–H and O–H groups in total. The monoisotopic (exact) mass is 256 g/mol. The minimum atomic E-state index is -0.491. The zero-order valence-corrected chi connectivity index (χ0v) is 10.8. The van der Waals surface area contributed by atoms with Gasteiger partial charge in [0.05, 0.1) is 17.2 Å². The molecule has 0 bridgehead atoms. The van der Waals surface area contributed by atoms with Gasteiger partial charge < -0.3 is 16.3 Å². The molecule has 1 aromatic rings. The number of hydrogen-bond acceptors (Lipinski definition) is 5. The van der Waals surface area contributed by atoms with E-state index in [1.807, 2.05) is 20.8 Å². The maximum atomic E-state index is 11.9. The number of carbonyl (C=O) groups is 1. The highest BCUT2D eigenvalue weighted by molar-refractivity contribution is 7.13. The van der Waals surface area contributed by atoms with E-state index in [4.69, 9.17) is 10.9 Å². The lowest BCUT2D eigenvalue weighted by molar-refractivity contribution is 0.0942. The molecule has 1 unspecified atom stereocenters. The summed E-state index contributed by atoms with van der Waals surface area (Å²) in [5, 5.41) is 15.1. The molecule has 1 atom stereocenters. The van der Waals surface area contributed by atoms with Crippen molar-refractivity contribution in [3.05, 3.63) is 16.1 Å².